The molecule has 0 atom stereocenters. The predicted octanol–water partition coefficient (Wildman–Crippen LogP) is 1.07. The van der Waals surface area contributed by atoms with Crippen LogP contribution in [0.3, 0.4) is 0 Å². The summed E-state index contributed by atoms with van der Waals surface area (Å²) in [4.78, 5) is 10.0. The maximum atomic E-state index is 10.0. The topological polar surface area (TPSA) is 72.5 Å². The molecule has 0 saturated carbocycles. The van der Waals surface area contributed by atoms with Crippen molar-refractivity contribution in [3.05, 3.63) is 0 Å². The fourth-order valence-corrected chi connectivity index (χ4v) is 1.60. The van der Waals surface area contributed by atoms with Gasteiger partial charge < -0.3 is 33.2 Å². The Morgan fingerprint density at radius 1 is 0.545 bits per heavy atom. The highest BCUT2D eigenvalue weighted by Crippen LogP contribution is 1.86. The van der Waals surface area contributed by atoms with Crippen molar-refractivity contribution in [1.29, 1.82) is 0 Å². The summed E-state index contributed by atoms with van der Waals surface area (Å²) in [7, 11) is 0. The molecule has 0 saturated heterocycles. The summed E-state index contributed by atoms with van der Waals surface area (Å²) in [6.07, 6.45) is 1.27. The minimum absolute atomic E-state index is 0.431. The van der Waals surface area contributed by atoms with E-state index in [2.05, 4.69) is 22.6 Å². The quantitative estimate of drug-likeness (QED) is 0.130. The number of alkyl halides is 1. The zero-order valence-electron chi connectivity index (χ0n) is 13.0. The molecule has 0 fully saturated rings. The van der Waals surface area contributed by atoms with Crippen molar-refractivity contribution in [2.24, 2.45) is 0 Å². The van der Waals surface area contributed by atoms with E-state index in [9.17, 15) is 4.79 Å². The van der Waals surface area contributed by atoms with Gasteiger partial charge in [-0.05, 0) is 0 Å². The standard InChI is InChI=1S/C14H27IO7/c15-14-22-13-12-21-11-10-20-9-8-19-7-6-18-5-4-17-3-1-2-16/h2H,1,3-14H2. The summed E-state index contributed by atoms with van der Waals surface area (Å²) in [5.74, 6) is 0. The van der Waals surface area contributed by atoms with Gasteiger partial charge in [-0.15, -0.1) is 0 Å². The van der Waals surface area contributed by atoms with E-state index >= 15 is 0 Å². The van der Waals surface area contributed by atoms with E-state index in [0.29, 0.717) is 83.7 Å². The molecule has 0 aliphatic rings. The first kappa shape index (κ1) is 22.2. The number of carbonyl (C=O) groups is 1. The second-order valence-electron chi connectivity index (χ2n) is 4.03. The molecule has 0 spiro atoms. The third-order valence-corrected chi connectivity index (χ3v) is 2.76. The van der Waals surface area contributed by atoms with Crippen molar-refractivity contribution < 1.29 is 33.2 Å². The Morgan fingerprint density at radius 3 is 1.18 bits per heavy atom. The second kappa shape index (κ2) is 21.2. The lowest BCUT2D eigenvalue weighted by molar-refractivity contribution is -0.108. The van der Waals surface area contributed by atoms with Crippen LogP contribution in [0.1, 0.15) is 6.42 Å². The molecule has 0 aromatic heterocycles. The Morgan fingerprint density at radius 2 is 0.864 bits per heavy atom. The Kier molecular flexibility index (Phi) is 21.3. The van der Waals surface area contributed by atoms with Gasteiger partial charge in [-0.3, -0.25) is 0 Å². The van der Waals surface area contributed by atoms with E-state index in [0.717, 1.165) is 6.29 Å². The average Bonchev–Trinajstić information content (AvgIpc) is 2.54. The summed E-state index contributed by atoms with van der Waals surface area (Å²) in [5, 5.41) is 0. The van der Waals surface area contributed by atoms with Crippen LogP contribution in [0.15, 0.2) is 0 Å². The average molecular weight is 434 g/mol. The van der Waals surface area contributed by atoms with Crippen molar-refractivity contribution in [3.63, 3.8) is 0 Å². The van der Waals surface area contributed by atoms with Crippen LogP contribution in [0.25, 0.3) is 0 Å². The lowest BCUT2D eigenvalue weighted by atomic mass is 10.5. The Hall–Kier alpha value is 0.160. The monoisotopic (exact) mass is 434 g/mol. The van der Waals surface area contributed by atoms with Crippen LogP contribution in [0, 0.1) is 0 Å². The molecule has 0 heterocycles. The molecule has 0 aromatic rings. The third kappa shape index (κ3) is 20.2. The number of ether oxygens (including phenoxy) is 6. The molecule has 22 heavy (non-hydrogen) atoms. The smallest absolute Gasteiger partial charge is 0.122 e. The van der Waals surface area contributed by atoms with Crippen molar-refractivity contribution in [2.75, 3.05) is 77.3 Å². The van der Waals surface area contributed by atoms with Gasteiger partial charge in [-0.1, -0.05) is 22.6 Å². The summed E-state index contributed by atoms with van der Waals surface area (Å²) in [6, 6.07) is 0. The molecule has 0 aliphatic carbocycles. The highest BCUT2D eigenvalue weighted by Gasteiger charge is 1.93. The van der Waals surface area contributed by atoms with Crippen LogP contribution in [-0.2, 0) is 33.2 Å². The largest absolute Gasteiger partial charge is 0.379 e. The number of aldehydes is 1. The first-order valence-electron chi connectivity index (χ1n) is 7.38. The zero-order chi connectivity index (χ0) is 16.1. The van der Waals surface area contributed by atoms with Crippen molar-refractivity contribution in [2.45, 2.75) is 6.42 Å². The molecule has 0 bridgehead atoms. The van der Waals surface area contributed by atoms with Crippen LogP contribution < -0.4 is 0 Å². The Labute approximate surface area is 146 Å². The molecule has 0 radical (unpaired) electrons. The first-order chi connectivity index (χ1) is 10.9. The lowest BCUT2D eigenvalue weighted by Crippen LogP contribution is -2.14. The number of carbonyl (C=O) groups excluding carboxylic acids is 1. The van der Waals surface area contributed by atoms with Gasteiger partial charge >= 0.3 is 0 Å². The third-order valence-electron chi connectivity index (χ3n) is 2.32. The van der Waals surface area contributed by atoms with Gasteiger partial charge in [0.25, 0.3) is 0 Å². The van der Waals surface area contributed by atoms with Crippen LogP contribution in [0.5, 0.6) is 0 Å². The van der Waals surface area contributed by atoms with Gasteiger partial charge in [0, 0.05) is 6.42 Å². The molecule has 0 N–H and O–H groups in total. The molecule has 132 valence electrons. The molecule has 0 amide bonds. The number of hydrogen-bond donors (Lipinski definition) is 0. The predicted molar refractivity (Wildman–Crippen MR) is 89.6 cm³/mol. The zero-order valence-corrected chi connectivity index (χ0v) is 15.2. The molecular weight excluding hydrogens is 407 g/mol. The number of rotatable bonds is 19. The minimum atomic E-state index is 0.431. The summed E-state index contributed by atoms with van der Waals surface area (Å²) in [6.45, 7) is 5.94. The van der Waals surface area contributed by atoms with Gasteiger partial charge in [0.15, 0.2) is 0 Å². The molecule has 8 heteroatoms. The van der Waals surface area contributed by atoms with Crippen LogP contribution in [0.2, 0.25) is 0 Å². The first-order valence-corrected chi connectivity index (χ1v) is 8.90. The lowest BCUT2D eigenvalue weighted by Gasteiger charge is -2.07. The van der Waals surface area contributed by atoms with Gasteiger partial charge in [0.1, 0.15) is 6.29 Å². The molecule has 0 unspecified atom stereocenters. The highest BCUT2D eigenvalue weighted by atomic mass is 127. The fourth-order valence-electron chi connectivity index (χ4n) is 1.29. The van der Waals surface area contributed by atoms with Crippen LogP contribution >= 0.6 is 22.6 Å². The molecule has 0 aliphatic heterocycles. The maximum Gasteiger partial charge on any atom is 0.122 e. The van der Waals surface area contributed by atoms with E-state index in [4.69, 9.17) is 28.4 Å². The summed E-state index contributed by atoms with van der Waals surface area (Å²) < 4.78 is 32.2. The van der Waals surface area contributed by atoms with Crippen molar-refractivity contribution in [3.8, 4) is 0 Å². The molecule has 0 aromatic carbocycles. The van der Waals surface area contributed by atoms with Gasteiger partial charge in [0.2, 0.25) is 0 Å². The minimum Gasteiger partial charge on any atom is -0.379 e. The van der Waals surface area contributed by atoms with E-state index in [1.807, 2.05) is 0 Å². The normalized spacial score (nSPS) is 11.0. The van der Waals surface area contributed by atoms with Crippen LogP contribution in [0.4, 0.5) is 0 Å². The van der Waals surface area contributed by atoms with Gasteiger partial charge in [-0.2, -0.15) is 0 Å². The molecular formula is C14H27IO7. The van der Waals surface area contributed by atoms with Crippen molar-refractivity contribution in [1.82, 2.24) is 0 Å². The van der Waals surface area contributed by atoms with E-state index in [1.54, 1.807) is 0 Å². The highest BCUT2D eigenvalue weighted by molar-refractivity contribution is 14.1. The van der Waals surface area contributed by atoms with Crippen molar-refractivity contribution >= 4 is 28.9 Å². The van der Waals surface area contributed by atoms with Gasteiger partial charge in [-0.25, -0.2) is 0 Å². The molecule has 0 rings (SSSR count). The summed E-state index contributed by atoms with van der Waals surface area (Å²) in [5.41, 5.74) is 0. The maximum absolute atomic E-state index is 10.0. The van der Waals surface area contributed by atoms with E-state index < -0.39 is 0 Å². The number of hydrogen-bond acceptors (Lipinski definition) is 7. The van der Waals surface area contributed by atoms with Gasteiger partial charge in [0.05, 0.1) is 77.3 Å². The SMILES string of the molecule is O=CCCOCCOCCOCCOCCOCCOCI. The number of halogens is 1. The molecule has 7 nitrogen and oxygen atoms in total. The Balaban J connectivity index is 2.92. The van der Waals surface area contributed by atoms with Crippen LogP contribution in [-0.4, -0.2) is 83.6 Å². The van der Waals surface area contributed by atoms with E-state index in [-0.39, 0.29) is 0 Å². The van der Waals surface area contributed by atoms with E-state index in [1.165, 1.54) is 0 Å². The summed E-state index contributed by atoms with van der Waals surface area (Å²) >= 11 is 2.15. The Bertz CT molecular complexity index is 219. The fraction of sp³-hybridized carbons (Fsp3) is 0.929. The second-order valence-corrected chi connectivity index (χ2v) is 4.66.